The molecule has 9 rings (SSSR count). The van der Waals surface area contributed by atoms with Gasteiger partial charge in [0, 0.05) is 75.0 Å². The van der Waals surface area contributed by atoms with Crippen molar-refractivity contribution in [1.29, 1.82) is 0 Å². The molecule has 2 atom stereocenters. The normalized spacial score (nSPS) is 18.2. The number of ether oxygens (including phenoxy) is 2. The van der Waals surface area contributed by atoms with E-state index in [0.717, 1.165) is 73.6 Å². The molecule has 3 aliphatic heterocycles. The van der Waals surface area contributed by atoms with E-state index >= 15 is 0 Å². The number of H-pyrrole nitrogens is 1. The molecule has 0 spiro atoms. The van der Waals surface area contributed by atoms with E-state index in [0.29, 0.717) is 37.2 Å². The molecule has 3 fully saturated rings. The Bertz CT molecular complexity index is 2790. The predicted molar refractivity (Wildman–Crippen MR) is 253 cm³/mol. The van der Waals surface area contributed by atoms with Crippen molar-refractivity contribution in [3.05, 3.63) is 131 Å². The topological polar surface area (TPSA) is 175 Å². The first kappa shape index (κ1) is 43.7. The highest BCUT2D eigenvalue weighted by atomic mass is 32.2. The minimum atomic E-state index is -4.57. The summed E-state index contributed by atoms with van der Waals surface area (Å²) in [5, 5.41) is 16.0. The maximum atomic E-state index is 14.0. The summed E-state index contributed by atoms with van der Waals surface area (Å²) in [5.74, 6) is -0.268. The van der Waals surface area contributed by atoms with Gasteiger partial charge in [-0.3, -0.25) is 14.9 Å². The van der Waals surface area contributed by atoms with Crippen LogP contribution in [-0.4, -0.2) is 93.6 Å². The van der Waals surface area contributed by atoms with Gasteiger partial charge in [0.15, 0.2) is 0 Å². The number of sulfonamides is 1. The second kappa shape index (κ2) is 18.9. The van der Waals surface area contributed by atoms with E-state index in [2.05, 4.69) is 85.2 Å². The van der Waals surface area contributed by atoms with Crippen molar-refractivity contribution in [2.45, 2.75) is 55.5 Å². The number of fused-ring (bicyclic) bond motifs is 1. The number of nitro groups is 1. The maximum Gasteiger partial charge on any atom is 0.293 e. The van der Waals surface area contributed by atoms with Gasteiger partial charge in [-0.25, -0.2) is 18.1 Å². The summed E-state index contributed by atoms with van der Waals surface area (Å²) >= 11 is 0. The molecule has 15 nitrogen and oxygen atoms in total. The summed E-state index contributed by atoms with van der Waals surface area (Å²) in [5.41, 5.74) is 5.68. The predicted octanol–water partition coefficient (Wildman–Crippen LogP) is 8.76. The summed E-state index contributed by atoms with van der Waals surface area (Å²) in [6, 6.07) is 30.0. The number of para-hydroxylation sites is 1. The molecule has 0 bridgehead atoms. The van der Waals surface area contributed by atoms with Crippen LogP contribution in [0.2, 0.25) is 0 Å². The van der Waals surface area contributed by atoms with Crippen molar-refractivity contribution in [2.24, 2.45) is 5.92 Å². The van der Waals surface area contributed by atoms with Crippen molar-refractivity contribution in [2.75, 3.05) is 68.6 Å². The molecule has 338 valence electrons. The molecule has 2 unspecified atom stereocenters. The average Bonchev–Trinajstić information content (AvgIpc) is 4.10. The number of pyridine rings is 1. The van der Waals surface area contributed by atoms with E-state index in [4.69, 9.17) is 9.47 Å². The number of nitrogens with zero attached hydrogens (tertiary/aromatic N) is 5. The number of aromatic amines is 1. The zero-order valence-corrected chi connectivity index (χ0v) is 37.4. The van der Waals surface area contributed by atoms with Crippen LogP contribution in [0.4, 0.5) is 22.7 Å². The van der Waals surface area contributed by atoms with E-state index in [1.54, 1.807) is 24.4 Å². The molecule has 2 aromatic heterocycles. The summed E-state index contributed by atoms with van der Waals surface area (Å²) in [6.45, 7) is 4.80. The number of rotatable bonds is 15. The second-order valence-corrected chi connectivity index (χ2v) is 19.0. The van der Waals surface area contributed by atoms with Crippen molar-refractivity contribution in [3.8, 4) is 22.6 Å². The third-order valence-electron chi connectivity index (χ3n) is 13.1. The fourth-order valence-electron chi connectivity index (χ4n) is 9.48. The van der Waals surface area contributed by atoms with Crippen LogP contribution >= 0.6 is 0 Å². The van der Waals surface area contributed by atoms with Crippen molar-refractivity contribution in [3.63, 3.8) is 0 Å². The average molecular weight is 899 g/mol. The molecule has 3 N–H and O–H groups in total. The first-order valence-electron chi connectivity index (χ1n) is 22.3. The zero-order chi connectivity index (χ0) is 45.1. The molecule has 3 aliphatic rings. The van der Waals surface area contributed by atoms with Crippen LogP contribution < -0.4 is 24.6 Å². The summed E-state index contributed by atoms with van der Waals surface area (Å²) in [7, 11) is -0.140. The Morgan fingerprint density at radius 3 is 2.52 bits per heavy atom. The molecule has 0 radical (unpaired) electrons. The van der Waals surface area contributed by atoms with Crippen molar-refractivity contribution in [1.82, 2.24) is 19.6 Å². The lowest BCUT2D eigenvalue weighted by Gasteiger charge is -2.33. The number of carbonyl (C=O) groups is 1. The van der Waals surface area contributed by atoms with Gasteiger partial charge in [0.25, 0.3) is 21.6 Å². The zero-order valence-electron chi connectivity index (χ0n) is 36.6. The number of anilines is 3. The number of carbonyl (C=O) groups excluding carboxylic acids is 1. The molecular weight excluding hydrogens is 845 g/mol. The number of hydrogen-bond acceptors (Lipinski definition) is 12. The number of benzene rings is 4. The number of nitrogens with one attached hydrogen (secondary N) is 3. The van der Waals surface area contributed by atoms with Gasteiger partial charge < -0.3 is 34.5 Å². The molecule has 0 saturated carbocycles. The number of likely N-dealkylation sites (N-methyl/N-ethyl adjacent to an activating group) is 2. The maximum absolute atomic E-state index is 14.0. The van der Waals surface area contributed by atoms with Crippen LogP contribution in [0.3, 0.4) is 0 Å². The third-order valence-corrected chi connectivity index (χ3v) is 14.4. The van der Waals surface area contributed by atoms with Gasteiger partial charge in [-0.05, 0) is 129 Å². The quantitative estimate of drug-likeness (QED) is 0.0661. The van der Waals surface area contributed by atoms with Crippen LogP contribution in [0, 0.1) is 16.0 Å². The third kappa shape index (κ3) is 9.65. The summed E-state index contributed by atoms with van der Waals surface area (Å²) in [4.78, 5) is 39.9. The standard InChI is InChI=1S/C49H54N8O7S/c1-54-23-5-7-38(54)32-55(2)44-9-4-3-8-41(44)45-10-6-24-56(45)37-14-11-34(12-15-37)35-13-17-42(47(28-35)64-39-27-36-19-22-50-48(36)52-31-39)49(58)53-65(61,62)40-16-18-43(46(29-40)57(59)60)51-30-33-20-25-63-26-21-33/h3-4,8-9,11-19,22,27-29,31,33,38,45,51H,5-7,10,20-21,23-26,30,32H2,1-2H3,(H,50,52)(H,53,58). The highest BCUT2D eigenvalue weighted by molar-refractivity contribution is 7.90. The Hall–Kier alpha value is -6.49. The van der Waals surface area contributed by atoms with Gasteiger partial charge in [-0.15, -0.1) is 0 Å². The summed E-state index contributed by atoms with van der Waals surface area (Å²) in [6.07, 6.45) is 9.51. The Kier molecular flexibility index (Phi) is 12.7. The molecule has 1 amide bonds. The number of nitro benzene ring substituents is 1. The Morgan fingerprint density at radius 1 is 0.954 bits per heavy atom. The van der Waals surface area contributed by atoms with E-state index < -0.39 is 31.4 Å². The fourth-order valence-corrected chi connectivity index (χ4v) is 10.5. The Labute approximate surface area is 379 Å². The lowest BCUT2D eigenvalue weighted by atomic mass is 9.99. The van der Waals surface area contributed by atoms with E-state index in [1.165, 1.54) is 48.5 Å². The monoisotopic (exact) mass is 898 g/mol. The van der Waals surface area contributed by atoms with Gasteiger partial charge in [0.2, 0.25) is 0 Å². The molecule has 3 saturated heterocycles. The smallest absolute Gasteiger partial charge is 0.293 e. The number of likely N-dealkylation sites (tertiary alicyclic amines) is 1. The van der Waals surface area contributed by atoms with Crippen LogP contribution in [0.5, 0.6) is 11.5 Å². The van der Waals surface area contributed by atoms with Gasteiger partial charge in [0.1, 0.15) is 22.8 Å². The van der Waals surface area contributed by atoms with Crippen LogP contribution in [0.25, 0.3) is 22.2 Å². The first-order valence-corrected chi connectivity index (χ1v) is 23.8. The molecule has 4 aromatic carbocycles. The highest BCUT2D eigenvalue weighted by Crippen LogP contribution is 2.41. The van der Waals surface area contributed by atoms with Crippen molar-refractivity contribution >= 4 is 49.7 Å². The molecular formula is C49H54N8O7S. The van der Waals surface area contributed by atoms with E-state index in [-0.39, 0.29) is 29.0 Å². The highest BCUT2D eigenvalue weighted by Gasteiger charge is 2.31. The molecule has 6 aromatic rings. The SMILES string of the molecule is CN(CC1CCCN1C)c1ccccc1C1CCCN1c1ccc(-c2ccc(C(=O)NS(=O)(=O)c3ccc(NCC4CCOCC4)c([N+](=O)[O-])c3)c(Oc3cnc4[nH]ccc4c3)c2)cc1. The lowest BCUT2D eigenvalue weighted by Crippen LogP contribution is -2.37. The van der Waals surface area contributed by atoms with Gasteiger partial charge in [0.05, 0.1) is 27.6 Å². The van der Waals surface area contributed by atoms with Crippen LogP contribution in [-0.2, 0) is 14.8 Å². The molecule has 5 heterocycles. The largest absolute Gasteiger partial charge is 0.455 e. The fraction of sp³-hybridized carbons (Fsp3) is 0.347. The number of hydrogen-bond donors (Lipinski definition) is 3. The van der Waals surface area contributed by atoms with Gasteiger partial charge >= 0.3 is 0 Å². The number of amides is 1. The minimum absolute atomic E-state index is 0.0597. The van der Waals surface area contributed by atoms with E-state index in [1.807, 2.05) is 18.2 Å². The molecule has 65 heavy (non-hydrogen) atoms. The Morgan fingerprint density at radius 2 is 1.74 bits per heavy atom. The van der Waals surface area contributed by atoms with Crippen LogP contribution in [0.1, 0.15) is 60.5 Å². The van der Waals surface area contributed by atoms with Crippen LogP contribution in [0.15, 0.2) is 114 Å². The second-order valence-electron chi connectivity index (χ2n) is 17.3. The van der Waals surface area contributed by atoms with Gasteiger partial charge in [-0.2, -0.15) is 0 Å². The minimum Gasteiger partial charge on any atom is -0.455 e. The Balaban J connectivity index is 0.963. The summed E-state index contributed by atoms with van der Waals surface area (Å²) < 4.78 is 41.3. The van der Waals surface area contributed by atoms with E-state index in [9.17, 15) is 23.3 Å². The molecule has 0 aliphatic carbocycles. The number of aromatic nitrogens is 2. The lowest BCUT2D eigenvalue weighted by molar-refractivity contribution is -0.384. The van der Waals surface area contributed by atoms with Gasteiger partial charge in [-0.1, -0.05) is 36.4 Å². The first-order chi connectivity index (χ1) is 31.5. The van der Waals surface area contributed by atoms with Crippen molar-refractivity contribution < 1.29 is 27.6 Å². The molecule has 16 heteroatoms.